The lowest BCUT2D eigenvalue weighted by Gasteiger charge is -2.27. The van der Waals surface area contributed by atoms with Crippen LogP contribution < -0.4 is 14.8 Å². The Hall–Kier alpha value is -2.50. The fraction of sp³-hybridized carbons (Fsp3) is 0.444. The van der Waals surface area contributed by atoms with Crippen molar-refractivity contribution in [3.05, 3.63) is 40.7 Å². The molecule has 24 heavy (non-hydrogen) atoms. The molecule has 0 saturated carbocycles. The number of benzene rings is 1. The highest BCUT2D eigenvalue weighted by molar-refractivity contribution is 5.96. The van der Waals surface area contributed by atoms with Gasteiger partial charge in [-0.05, 0) is 25.0 Å². The van der Waals surface area contributed by atoms with E-state index in [0.717, 1.165) is 34.9 Å². The van der Waals surface area contributed by atoms with Crippen molar-refractivity contribution in [2.75, 3.05) is 13.7 Å². The minimum absolute atomic E-state index is 0.0820. The Bertz CT molecular complexity index is 752. The van der Waals surface area contributed by atoms with E-state index in [9.17, 15) is 4.79 Å². The van der Waals surface area contributed by atoms with Crippen molar-refractivity contribution >= 4 is 5.91 Å². The predicted octanol–water partition coefficient (Wildman–Crippen LogP) is 3.10. The van der Waals surface area contributed by atoms with E-state index >= 15 is 0 Å². The van der Waals surface area contributed by atoms with E-state index in [-0.39, 0.29) is 17.9 Å². The van der Waals surface area contributed by atoms with Crippen LogP contribution in [0.3, 0.4) is 0 Å². The molecule has 128 valence electrons. The zero-order valence-corrected chi connectivity index (χ0v) is 14.5. The van der Waals surface area contributed by atoms with Gasteiger partial charge in [-0.25, -0.2) is 0 Å². The van der Waals surface area contributed by atoms with Crippen molar-refractivity contribution in [2.45, 2.75) is 39.2 Å². The molecule has 0 aliphatic carbocycles. The van der Waals surface area contributed by atoms with Crippen molar-refractivity contribution < 1.29 is 14.3 Å². The third-order valence-corrected chi connectivity index (χ3v) is 4.31. The van der Waals surface area contributed by atoms with Gasteiger partial charge >= 0.3 is 0 Å². The molecule has 1 aliphatic heterocycles. The molecule has 6 nitrogen and oxygen atoms in total. The van der Waals surface area contributed by atoms with Gasteiger partial charge in [-0.2, -0.15) is 5.10 Å². The second-order valence-electron chi connectivity index (χ2n) is 6.33. The quantitative estimate of drug-likeness (QED) is 0.904. The molecule has 0 spiro atoms. The largest absolute Gasteiger partial charge is 0.497 e. The number of hydrogen-bond acceptors (Lipinski definition) is 4. The monoisotopic (exact) mass is 329 g/mol. The normalized spacial score (nSPS) is 16.5. The molecule has 2 aromatic rings. The first-order valence-electron chi connectivity index (χ1n) is 8.17. The van der Waals surface area contributed by atoms with E-state index in [0.29, 0.717) is 12.2 Å². The van der Waals surface area contributed by atoms with Gasteiger partial charge in [0.15, 0.2) is 0 Å². The van der Waals surface area contributed by atoms with Crippen LogP contribution in [0.1, 0.15) is 59.5 Å². The van der Waals surface area contributed by atoms with Gasteiger partial charge < -0.3 is 14.8 Å². The van der Waals surface area contributed by atoms with Crippen LogP contribution in [0, 0.1) is 6.92 Å². The standard InChI is InChI=1S/C18H23N3O3/c1-10(2)17-16(11(3)20-21-17)18(22)19-14-7-8-24-15-9-12(23-4)5-6-13(14)15/h5-6,9-10,14H,7-8H2,1-4H3,(H,19,22)(H,20,21)/t14-/m0/s1. The number of aryl methyl sites for hydroxylation is 1. The molecule has 1 aromatic carbocycles. The van der Waals surface area contributed by atoms with Gasteiger partial charge in [0.2, 0.25) is 0 Å². The lowest BCUT2D eigenvalue weighted by molar-refractivity contribution is 0.0923. The number of carbonyl (C=O) groups excluding carboxylic acids is 1. The number of hydrogen-bond donors (Lipinski definition) is 2. The molecule has 0 unspecified atom stereocenters. The van der Waals surface area contributed by atoms with Crippen LogP contribution in [0.5, 0.6) is 11.5 Å². The van der Waals surface area contributed by atoms with Crippen LogP contribution in [0.25, 0.3) is 0 Å². The highest BCUT2D eigenvalue weighted by Gasteiger charge is 2.27. The first kappa shape index (κ1) is 16.4. The highest BCUT2D eigenvalue weighted by atomic mass is 16.5. The molecule has 0 saturated heterocycles. The molecular formula is C18H23N3O3. The molecular weight excluding hydrogens is 306 g/mol. The third kappa shape index (κ3) is 2.96. The van der Waals surface area contributed by atoms with E-state index in [1.165, 1.54) is 0 Å². The summed E-state index contributed by atoms with van der Waals surface area (Å²) >= 11 is 0. The van der Waals surface area contributed by atoms with Crippen LogP contribution in [-0.4, -0.2) is 29.8 Å². The summed E-state index contributed by atoms with van der Waals surface area (Å²) in [4.78, 5) is 12.8. The number of nitrogens with one attached hydrogen (secondary N) is 2. The Labute approximate surface area is 141 Å². The van der Waals surface area contributed by atoms with E-state index in [4.69, 9.17) is 9.47 Å². The minimum atomic E-state index is -0.0985. The summed E-state index contributed by atoms with van der Waals surface area (Å²) in [6.45, 7) is 6.49. The number of carbonyl (C=O) groups is 1. The summed E-state index contributed by atoms with van der Waals surface area (Å²) in [5.41, 5.74) is 3.21. The molecule has 2 heterocycles. The molecule has 1 aromatic heterocycles. The van der Waals surface area contributed by atoms with Gasteiger partial charge in [-0.15, -0.1) is 0 Å². The maximum Gasteiger partial charge on any atom is 0.255 e. The Morgan fingerprint density at radius 1 is 1.46 bits per heavy atom. The van der Waals surface area contributed by atoms with E-state index in [1.807, 2.05) is 39.0 Å². The van der Waals surface area contributed by atoms with Crippen LogP contribution >= 0.6 is 0 Å². The maximum atomic E-state index is 12.8. The topological polar surface area (TPSA) is 76.2 Å². The molecule has 3 rings (SSSR count). The lowest BCUT2D eigenvalue weighted by atomic mass is 9.98. The van der Waals surface area contributed by atoms with Crippen molar-refractivity contribution in [2.24, 2.45) is 0 Å². The molecule has 1 amide bonds. The highest BCUT2D eigenvalue weighted by Crippen LogP contribution is 2.35. The van der Waals surface area contributed by atoms with Crippen molar-refractivity contribution in [3.8, 4) is 11.5 Å². The third-order valence-electron chi connectivity index (χ3n) is 4.31. The number of aromatic amines is 1. The second-order valence-corrected chi connectivity index (χ2v) is 6.33. The van der Waals surface area contributed by atoms with Gasteiger partial charge in [0.25, 0.3) is 5.91 Å². The molecule has 6 heteroatoms. The molecule has 1 aliphatic rings. The summed E-state index contributed by atoms with van der Waals surface area (Å²) < 4.78 is 10.9. The summed E-state index contributed by atoms with van der Waals surface area (Å²) in [5.74, 6) is 1.59. The van der Waals surface area contributed by atoms with Crippen LogP contribution in [0.2, 0.25) is 0 Å². The number of fused-ring (bicyclic) bond motifs is 1. The molecule has 0 bridgehead atoms. The zero-order valence-electron chi connectivity index (χ0n) is 14.5. The Morgan fingerprint density at radius 3 is 2.96 bits per heavy atom. The van der Waals surface area contributed by atoms with Crippen molar-refractivity contribution in [1.82, 2.24) is 15.5 Å². The zero-order chi connectivity index (χ0) is 17.3. The molecule has 0 fully saturated rings. The fourth-order valence-electron chi connectivity index (χ4n) is 3.03. The Morgan fingerprint density at radius 2 is 2.25 bits per heavy atom. The van der Waals surface area contributed by atoms with Crippen LogP contribution in [-0.2, 0) is 0 Å². The van der Waals surface area contributed by atoms with Gasteiger partial charge in [0.05, 0.1) is 31.0 Å². The van der Waals surface area contributed by atoms with Crippen molar-refractivity contribution in [3.63, 3.8) is 0 Å². The SMILES string of the molecule is COc1ccc2c(c1)OCC[C@@H]2NC(=O)c1c(C(C)C)n[nH]c1C. The van der Waals surface area contributed by atoms with E-state index in [2.05, 4.69) is 15.5 Å². The van der Waals surface area contributed by atoms with Crippen molar-refractivity contribution in [1.29, 1.82) is 0 Å². The minimum Gasteiger partial charge on any atom is -0.497 e. The number of amides is 1. The van der Waals surface area contributed by atoms with E-state index < -0.39 is 0 Å². The van der Waals surface area contributed by atoms with Gasteiger partial charge in [0.1, 0.15) is 11.5 Å². The average Bonchev–Trinajstić information content (AvgIpc) is 2.96. The smallest absolute Gasteiger partial charge is 0.255 e. The fourth-order valence-corrected chi connectivity index (χ4v) is 3.03. The van der Waals surface area contributed by atoms with Gasteiger partial charge in [0, 0.05) is 23.7 Å². The van der Waals surface area contributed by atoms with Crippen LogP contribution in [0.15, 0.2) is 18.2 Å². The number of methoxy groups -OCH3 is 1. The number of rotatable bonds is 4. The first-order chi connectivity index (χ1) is 11.5. The molecule has 1 atom stereocenters. The Kier molecular flexibility index (Phi) is 4.46. The number of H-pyrrole nitrogens is 1. The van der Waals surface area contributed by atoms with Crippen LogP contribution in [0.4, 0.5) is 0 Å². The van der Waals surface area contributed by atoms with E-state index in [1.54, 1.807) is 7.11 Å². The Balaban J connectivity index is 1.86. The van der Waals surface area contributed by atoms with Gasteiger partial charge in [-0.1, -0.05) is 13.8 Å². The lowest BCUT2D eigenvalue weighted by Crippen LogP contribution is -2.33. The number of aromatic nitrogens is 2. The second kappa shape index (κ2) is 6.55. The summed E-state index contributed by atoms with van der Waals surface area (Å²) in [5, 5.41) is 10.3. The van der Waals surface area contributed by atoms with Gasteiger partial charge in [-0.3, -0.25) is 9.89 Å². The average molecular weight is 329 g/mol. The summed E-state index contributed by atoms with van der Waals surface area (Å²) in [7, 11) is 1.62. The molecule has 2 N–H and O–H groups in total. The number of nitrogens with zero attached hydrogens (tertiary/aromatic N) is 1. The number of ether oxygens (including phenoxy) is 2. The summed E-state index contributed by atoms with van der Waals surface area (Å²) in [6.07, 6.45) is 0.735. The maximum absolute atomic E-state index is 12.8. The molecule has 0 radical (unpaired) electrons. The first-order valence-corrected chi connectivity index (χ1v) is 8.17. The predicted molar refractivity (Wildman–Crippen MR) is 90.7 cm³/mol. The summed E-state index contributed by atoms with van der Waals surface area (Å²) in [6, 6.07) is 5.61.